The molecule has 0 N–H and O–H groups in total. The highest BCUT2D eigenvalue weighted by molar-refractivity contribution is 6.33. The first-order chi connectivity index (χ1) is 5.65. The van der Waals surface area contributed by atoms with Crippen molar-refractivity contribution in [2.45, 2.75) is 19.8 Å². The molecular formula is C9H9ClN2. The smallest absolute Gasteiger partial charge is 0.288 e. The highest BCUT2D eigenvalue weighted by Crippen LogP contribution is 2.25. The molecule has 1 heterocycles. The number of pyridine rings is 1. The summed E-state index contributed by atoms with van der Waals surface area (Å²) in [5, 5.41) is 0.441. The third-order valence-electron chi connectivity index (χ3n) is 1.62. The second-order valence-electron chi connectivity index (χ2n) is 2.84. The molecule has 0 aliphatic carbocycles. The average molecular weight is 181 g/mol. The minimum absolute atomic E-state index is 0.279. The van der Waals surface area contributed by atoms with Gasteiger partial charge in [0.1, 0.15) is 6.20 Å². The quantitative estimate of drug-likeness (QED) is 0.606. The van der Waals surface area contributed by atoms with E-state index in [1.807, 2.05) is 0 Å². The van der Waals surface area contributed by atoms with E-state index in [0.29, 0.717) is 10.9 Å². The van der Waals surface area contributed by atoms with Crippen LogP contribution >= 0.6 is 11.6 Å². The van der Waals surface area contributed by atoms with Crippen LogP contribution in [-0.2, 0) is 0 Å². The second-order valence-corrected chi connectivity index (χ2v) is 3.25. The lowest BCUT2D eigenvalue weighted by Crippen LogP contribution is -1.88. The topological polar surface area (TPSA) is 17.2 Å². The van der Waals surface area contributed by atoms with Crippen molar-refractivity contribution in [2.75, 3.05) is 0 Å². The Bertz CT molecular complexity index is 326. The predicted octanol–water partition coefficient (Wildman–Crippen LogP) is 3.41. The van der Waals surface area contributed by atoms with Gasteiger partial charge in [0.15, 0.2) is 0 Å². The van der Waals surface area contributed by atoms with Gasteiger partial charge in [0.2, 0.25) is 0 Å². The molecule has 12 heavy (non-hydrogen) atoms. The van der Waals surface area contributed by atoms with E-state index >= 15 is 0 Å². The molecule has 0 aromatic carbocycles. The Kier molecular flexibility index (Phi) is 2.67. The molecule has 0 saturated heterocycles. The van der Waals surface area contributed by atoms with Gasteiger partial charge in [-0.2, -0.15) is 0 Å². The summed E-state index contributed by atoms with van der Waals surface area (Å²) in [6.07, 6.45) is 1.70. The van der Waals surface area contributed by atoms with Gasteiger partial charge < -0.3 is 4.85 Å². The van der Waals surface area contributed by atoms with Gasteiger partial charge >= 0.3 is 0 Å². The lowest BCUT2D eigenvalue weighted by atomic mass is 10.1. The summed E-state index contributed by atoms with van der Waals surface area (Å²) < 4.78 is 0. The van der Waals surface area contributed by atoms with Crippen molar-refractivity contribution in [3.63, 3.8) is 0 Å². The fourth-order valence-corrected chi connectivity index (χ4v) is 1.06. The number of hydrogen-bond acceptors (Lipinski definition) is 1. The number of nitrogens with zero attached hydrogens (tertiary/aromatic N) is 2. The summed E-state index contributed by atoms with van der Waals surface area (Å²) in [7, 11) is 0. The summed E-state index contributed by atoms with van der Waals surface area (Å²) in [5.74, 6) is 0.677. The van der Waals surface area contributed by atoms with Crippen molar-refractivity contribution >= 4 is 17.4 Å². The molecule has 3 heteroatoms. The van der Waals surface area contributed by atoms with Crippen LogP contribution in [0.5, 0.6) is 0 Å². The summed E-state index contributed by atoms with van der Waals surface area (Å²) in [5.41, 5.74) is 1.06. The molecule has 0 unspecified atom stereocenters. The van der Waals surface area contributed by atoms with Crippen LogP contribution in [0.1, 0.15) is 25.3 Å². The highest BCUT2D eigenvalue weighted by Gasteiger charge is 2.06. The van der Waals surface area contributed by atoms with Crippen molar-refractivity contribution in [2.24, 2.45) is 0 Å². The molecule has 1 rings (SSSR count). The van der Waals surface area contributed by atoms with E-state index in [-0.39, 0.29) is 5.82 Å². The first-order valence-electron chi connectivity index (χ1n) is 3.68. The first-order valence-corrected chi connectivity index (χ1v) is 4.06. The Morgan fingerprint density at radius 1 is 1.58 bits per heavy atom. The van der Waals surface area contributed by atoms with E-state index < -0.39 is 0 Å². The zero-order valence-electron chi connectivity index (χ0n) is 7.00. The van der Waals surface area contributed by atoms with Crippen LogP contribution in [0.3, 0.4) is 0 Å². The zero-order chi connectivity index (χ0) is 9.14. The highest BCUT2D eigenvalue weighted by atomic mass is 35.5. The summed E-state index contributed by atoms with van der Waals surface area (Å²) in [4.78, 5) is 7.11. The fraction of sp³-hybridized carbons (Fsp3) is 0.333. The van der Waals surface area contributed by atoms with Crippen LogP contribution in [0.2, 0.25) is 5.02 Å². The van der Waals surface area contributed by atoms with Crippen LogP contribution in [0.15, 0.2) is 12.3 Å². The molecule has 0 spiro atoms. The Hall–Kier alpha value is -1.07. The molecule has 0 aliphatic heterocycles. The molecule has 0 radical (unpaired) electrons. The number of halogens is 1. The van der Waals surface area contributed by atoms with E-state index in [9.17, 15) is 0 Å². The molecule has 0 atom stereocenters. The maximum Gasteiger partial charge on any atom is 0.288 e. The lowest BCUT2D eigenvalue weighted by Gasteiger charge is -2.02. The van der Waals surface area contributed by atoms with Crippen LogP contribution < -0.4 is 0 Å². The molecule has 0 amide bonds. The summed E-state index contributed by atoms with van der Waals surface area (Å²) in [6, 6.07) is 1.80. The summed E-state index contributed by atoms with van der Waals surface area (Å²) >= 11 is 5.80. The minimum atomic E-state index is 0.279. The van der Waals surface area contributed by atoms with Crippen LogP contribution in [0.25, 0.3) is 4.85 Å². The largest absolute Gasteiger partial charge is 0.359 e. The van der Waals surface area contributed by atoms with Gasteiger partial charge in [-0.1, -0.05) is 32.0 Å². The van der Waals surface area contributed by atoms with Gasteiger partial charge in [-0.25, -0.2) is 0 Å². The van der Waals surface area contributed by atoms with E-state index in [1.165, 1.54) is 0 Å². The van der Waals surface area contributed by atoms with Crippen molar-refractivity contribution in [3.8, 4) is 0 Å². The molecular weight excluding hydrogens is 172 g/mol. The average Bonchev–Trinajstić information content (AvgIpc) is 2.04. The van der Waals surface area contributed by atoms with E-state index in [0.717, 1.165) is 5.56 Å². The van der Waals surface area contributed by atoms with E-state index in [1.54, 1.807) is 12.3 Å². The van der Waals surface area contributed by atoms with Crippen LogP contribution in [-0.4, -0.2) is 4.98 Å². The number of rotatable bonds is 1. The van der Waals surface area contributed by atoms with Gasteiger partial charge in [-0.3, -0.25) is 0 Å². The van der Waals surface area contributed by atoms with Crippen molar-refractivity contribution < 1.29 is 0 Å². The SMILES string of the molecule is [C-]#[N+]c1ncc(C(C)C)cc1Cl. The van der Waals surface area contributed by atoms with Crippen LogP contribution in [0.4, 0.5) is 5.82 Å². The molecule has 0 aliphatic rings. The molecule has 1 aromatic heterocycles. The van der Waals surface area contributed by atoms with Gasteiger partial charge in [0.25, 0.3) is 5.82 Å². The van der Waals surface area contributed by atoms with Gasteiger partial charge in [0, 0.05) is 0 Å². The molecule has 2 nitrogen and oxygen atoms in total. The molecule has 0 bridgehead atoms. The maximum absolute atomic E-state index is 6.74. The van der Waals surface area contributed by atoms with Crippen molar-refractivity contribution in [3.05, 3.63) is 34.3 Å². The summed E-state index contributed by atoms with van der Waals surface area (Å²) in [6.45, 7) is 10.9. The molecule has 0 fully saturated rings. The molecule has 62 valence electrons. The normalized spacial score (nSPS) is 9.92. The Morgan fingerprint density at radius 2 is 2.25 bits per heavy atom. The van der Waals surface area contributed by atoms with Gasteiger partial charge in [-0.05, 0) is 17.5 Å². The standard InChI is InChI=1S/C9H9ClN2/c1-6(2)7-4-8(10)9(11-3)12-5-7/h4-6H,1-2H3. The van der Waals surface area contributed by atoms with Gasteiger partial charge in [0.05, 0.1) is 5.02 Å². The Labute approximate surface area is 77.0 Å². The monoisotopic (exact) mass is 180 g/mol. The third kappa shape index (κ3) is 1.75. The predicted molar refractivity (Wildman–Crippen MR) is 49.6 cm³/mol. The van der Waals surface area contributed by atoms with Crippen LogP contribution in [0, 0.1) is 6.57 Å². The van der Waals surface area contributed by atoms with E-state index in [4.69, 9.17) is 18.2 Å². The maximum atomic E-state index is 6.74. The zero-order valence-corrected chi connectivity index (χ0v) is 7.76. The first kappa shape index (κ1) is 9.02. The molecule has 1 aromatic rings. The minimum Gasteiger partial charge on any atom is -0.359 e. The van der Waals surface area contributed by atoms with Crippen molar-refractivity contribution in [1.82, 2.24) is 4.98 Å². The van der Waals surface area contributed by atoms with Crippen molar-refractivity contribution in [1.29, 1.82) is 0 Å². The lowest BCUT2D eigenvalue weighted by molar-refractivity contribution is 0.859. The number of hydrogen-bond donors (Lipinski definition) is 0. The number of aromatic nitrogens is 1. The Balaban J connectivity index is 3.12. The Morgan fingerprint density at radius 3 is 2.67 bits per heavy atom. The third-order valence-corrected chi connectivity index (χ3v) is 1.89. The molecule has 0 saturated carbocycles. The van der Waals surface area contributed by atoms with E-state index in [2.05, 4.69) is 23.7 Å². The second kappa shape index (κ2) is 3.55. The fourth-order valence-electron chi connectivity index (χ4n) is 0.843. The van der Waals surface area contributed by atoms with Gasteiger partial charge in [-0.15, -0.1) is 4.98 Å².